The maximum Gasteiger partial charge on any atom is 0.306 e. The second-order valence-electron chi connectivity index (χ2n) is 3.74. The van der Waals surface area contributed by atoms with Crippen molar-refractivity contribution in [3.05, 3.63) is 12.2 Å². The summed E-state index contributed by atoms with van der Waals surface area (Å²) >= 11 is 0. The van der Waals surface area contributed by atoms with Crippen LogP contribution in [0.1, 0.15) is 25.6 Å². The molecular weight excluding hydrogens is 236 g/mol. The lowest BCUT2D eigenvalue weighted by Crippen LogP contribution is -2.26. The standard InChI is InChI=1S/C11H18N4O3/c1-3-18-11(17)5-4-10(16)12-7-6-9-13-8-15(2)14-9/h8H,3-7H2,1-2H3,(H,12,16). The molecule has 18 heavy (non-hydrogen) atoms. The zero-order chi connectivity index (χ0) is 13.4. The molecule has 0 atom stereocenters. The number of nitrogens with one attached hydrogen (secondary N) is 1. The molecule has 0 fully saturated rings. The Morgan fingerprint density at radius 1 is 1.44 bits per heavy atom. The third kappa shape index (κ3) is 5.42. The molecule has 1 amide bonds. The quantitative estimate of drug-likeness (QED) is 0.682. The van der Waals surface area contributed by atoms with Crippen molar-refractivity contribution >= 4 is 11.9 Å². The number of carbonyl (C=O) groups is 2. The van der Waals surface area contributed by atoms with Crippen LogP contribution in [0.5, 0.6) is 0 Å². The van der Waals surface area contributed by atoms with E-state index in [1.165, 1.54) is 0 Å². The summed E-state index contributed by atoms with van der Waals surface area (Å²) < 4.78 is 6.34. The molecule has 1 heterocycles. The molecule has 1 aromatic heterocycles. The molecule has 7 heteroatoms. The molecule has 0 saturated heterocycles. The average Bonchev–Trinajstić information content (AvgIpc) is 2.73. The van der Waals surface area contributed by atoms with Gasteiger partial charge in [0.2, 0.25) is 5.91 Å². The monoisotopic (exact) mass is 254 g/mol. The Bertz CT molecular complexity index is 403. The van der Waals surface area contributed by atoms with Crippen LogP contribution in [0.4, 0.5) is 0 Å². The van der Waals surface area contributed by atoms with E-state index in [2.05, 4.69) is 15.4 Å². The highest BCUT2D eigenvalue weighted by Crippen LogP contribution is 1.93. The fourth-order valence-corrected chi connectivity index (χ4v) is 1.35. The number of aromatic nitrogens is 3. The number of aryl methyl sites for hydroxylation is 1. The molecule has 0 aromatic carbocycles. The van der Waals surface area contributed by atoms with Gasteiger partial charge in [0.05, 0.1) is 13.0 Å². The minimum atomic E-state index is -0.348. The van der Waals surface area contributed by atoms with E-state index in [1.807, 2.05) is 0 Å². The van der Waals surface area contributed by atoms with Crippen molar-refractivity contribution < 1.29 is 14.3 Å². The molecule has 0 aliphatic heterocycles. The highest BCUT2D eigenvalue weighted by atomic mass is 16.5. The number of hydrogen-bond donors (Lipinski definition) is 1. The fourth-order valence-electron chi connectivity index (χ4n) is 1.35. The van der Waals surface area contributed by atoms with Crippen molar-refractivity contribution in [3.63, 3.8) is 0 Å². The molecule has 0 aliphatic carbocycles. The molecule has 1 aromatic rings. The van der Waals surface area contributed by atoms with Gasteiger partial charge < -0.3 is 10.1 Å². The second-order valence-corrected chi connectivity index (χ2v) is 3.74. The van der Waals surface area contributed by atoms with E-state index in [1.54, 1.807) is 25.0 Å². The smallest absolute Gasteiger partial charge is 0.306 e. The predicted molar refractivity (Wildman–Crippen MR) is 63.6 cm³/mol. The lowest BCUT2D eigenvalue weighted by Gasteiger charge is -2.03. The molecular formula is C11H18N4O3. The average molecular weight is 254 g/mol. The van der Waals surface area contributed by atoms with Gasteiger partial charge in [-0.15, -0.1) is 0 Å². The lowest BCUT2D eigenvalue weighted by atomic mass is 10.3. The Morgan fingerprint density at radius 2 is 2.22 bits per heavy atom. The van der Waals surface area contributed by atoms with E-state index >= 15 is 0 Å². The van der Waals surface area contributed by atoms with E-state index in [-0.39, 0.29) is 24.7 Å². The van der Waals surface area contributed by atoms with Gasteiger partial charge in [0.15, 0.2) is 5.82 Å². The van der Waals surface area contributed by atoms with E-state index in [9.17, 15) is 9.59 Å². The number of carbonyl (C=O) groups excluding carboxylic acids is 2. The summed E-state index contributed by atoms with van der Waals surface area (Å²) in [6.45, 7) is 2.54. The number of hydrogen-bond acceptors (Lipinski definition) is 5. The molecule has 0 spiro atoms. The van der Waals surface area contributed by atoms with Gasteiger partial charge in [-0.05, 0) is 6.92 Å². The van der Waals surface area contributed by atoms with Crippen LogP contribution in [0.3, 0.4) is 0 Å². The predicted octanol–water partition coefficient (Wildman–Crippen LogP) is -0.183. The Hall–Kier alpha value is -1.92. The first-order valence-corrected chi connectivity index (χ1v) is 5.88. The SMILES string of the molecule is CCOC(=O)CCC(=O)NCCc1ncn(C)n1. The van der Waals surface area contributed by atoms with Gasteiger partial charge in [0, 0.05) is 26.4 Å². The molecule has 0 bridgehead atoms. The summed E-state index contributed by atoms with van der Waals surface area (Å²) in [5.74, 6) is 0.168. The minimum absolute atomic E-state index is 0.113. The molecule has 7 nitrogen and oxygen atoms in total. The molecule has 1 N–H and O–H groups in total. The van der Waals surface area contributed by atoms with Crippen LogP contribution in [-0.2, 0) is 27.8 Å². The number of esters is 1. The summed E-state index contributed by atoms with van der Waals surface area (Å²) in [7, 11) is 1.79. The third-order valence-corrected chi connectivity index (χ3v) is 2.18. The highest BCUT2D eigenvalue weighted by molar-refractivity contribution is 5.81. The summed E-state index contributed by atoms with van der Waals surface area (Å²) in [6, 6.07) is 0. The molecule has 0 aliphatic rings. The van der Waals surface area contributed by atoms with Crippen molar-refractivity contribution in [1.29, 1.82) is 0 Å². The largest absolute Gasteiger partial charge is 0.466 e. The van der Waals surface area contributed by atoms with Gasteiger partial charge in [-0.1, -0.05) is 0 Å². The normalized spacial score (nSPS) is 10.1. The van der Waals surface area contributed by atoms with Crippen LogP contribution in [0.25, 0.3) is 0 Å². The van der Waals surface area contributed by atoms with Gasteiger partial charge in [0.1, 0.15) is 6.33 Å². The highest BCUT2D eigenvalue weighted by Gasteiger charge is 2.07. The van der Waals surface area contributed by atoms with Crippen molar-refractivity contribution in [1.82, 2.24) is 20.1 Å². The Kier molecular flexibility index (Phi) is 5.83. The number of amides is 1. The van der Waals surface area contributed by atoms with Gasteiger partial charge >= 0.3 is 5.97 Å². The Labute approximate surface area is 106 Å². The van der Waals surface area contributed by atoms with Crippen LogP contribution in [0.2, 0.25) is 0 Å². The van der Waals surface area contributed by atoms with Gasteiger partial charge in [-0.3, -0.25) is 14.3 Å². The molecule has 1 rings (SSSR count). The topological polar surface area (TPSA) is 86.1 Å². The number of ether oxygens (including phenoxy) is 1. The van der Waals surface area contributed by atoms with Crippen molar-refractivity contribution in [2.75, 3.05) is 13.2 Å². The Balaban J connectivity index is 2.12. The Morgan fingerprint density at radius 3 is 2.83 bits per heavy atom. The number of rotatable bonds is 7. The lowest BCUT2D eigenvalue weighted by molar-refractivity contribution is -0.144. The van der Waals surface area contributed by atoms with Crippen LogP contribution in [-0.4, -0.2) is 39.8 Å². The number of nitrogens with zero attached hydrogens (tertiary/aromatic N) is 3. The van der Waals surface area contributed by atoms with Gasteiger partial charge in [-0.2, -0.15) is 5.10 Å². The summed E-state index contributed by atoms with van der Waals surface area (Å²) in [5.41, 5.74) is 0. The first-order chi connectivity index (χ1) is 8.61. The van der Waals surface area contributed by atoms with E-state index in [4.69, 9.17) is 4.74 Å². The fraction of sp³-hybridized carbons (Fsp3) is 0.636. The molecule has 0 unspecified atom stereocenters. The zero-order valence-electron chi connectivity index (χ0n) is 10.7. The summed E-state index contributed by atoms with van der Waals surface area (Å²) in [6.07, 6.45) is 2.44. The van der Waals surface area contributed by atoms with Crippen LogP contribution in [0, 0.1) is 0 Å². The van der Waals surface area contributed by atoms with Crippen molar-refractivity contribution in [2.45, 2.75) is 26.2 Å². The van der Waals surface area contributed by atoms with Crippen molar-refractivity contribution in [3.8, 4) is 0 Å². The maximum atomic E-state index is 11.4. The van der Waals surface area contributed by atoms with Crippen LogP contribution < -0.4 is 5.32 Å². The minimum Gasteiger partial charge on any atom is -0.466 e. The van der Waals surface area contributed by atoms with Crippen molar-refractivity contribution in [2.24, 2.45) is 7.05 Å². The van der Waals surface area contributed by atoms with Crippen LogP contribution in [0.15, 0.2) is 6.33 Å². The van der Waals surface area contributed by atoms with E-state index in [0.717, 1.165) is 0 Å². The summed E-state index contributed by atoms with van der Waals surface area (Å²) in [4.78, 5) is 26.4. The first kappa shape index (κ1) is 14.1. The van der Waals surface area contributed by atoms with E-state index < -0.39 is 0 Å². The molecule has 0 radical (unpaired) electrons. The second kappa shape index (κ2) is 7.41. The third-order valence-electron chi connectivity index (χ3n) is 2.18. The van der Waals surface area contributed by atoms with Gasteiger partial charge in [0.25, 0.3) is 0 Å². The molecule has 100 valence electrons. The van der Waals surface area contributed by atoms with Crippen LogP contribution >= 0.6 is 0 Å². The zero-order valence-corrected chi connectivity index (χ0v) is 10.7. The first-order valence-electron chi connectivity index (χ1n) is 5.88. The van der Waals surface area contributed by atoms with Gasteiger partial charge in [-0.25, -0.2) is 4.98 Å². The molecule has 0 saturated carbocycles. The maximum absolute atomic E-state index is 11.4. The summed E-state index contributed by atoms with van der Waals surface area (Å²) in [5, 5.41) is 6.79. The van der Waals surface area contributed by atoms with E-state index in [0.29, 0.717) is 25.4 Å².